The number of aromatic carboxylic acids is 1. The van der Waals surface area contributed by atoms with Crippen molar-refractivity contribution >= 4 is 11.7 Å². The molecule has 0 saturated heterocycles. The Morgan fingerprint density at radius 2 is 2.06 bits per heavy atom. The van der Waals surface area contributed by atoms with Crippen molar-refractivity contribution in [2.24, 2.45) is 5.41 Å². The molecule has 0 aromatic heterocycles. The first-order valence-corrected chi connectivity index (χ1v) is 5.92. The van der Waals surface area contributed by atoms with Crippen LogP contribution in [0.15, 0.2) is 18.2 Å². The van der Waals surface area contributed by atoms with E-state index < -0.39 is 5.97 Å². The molecule has 0 unspecified atom stereocenters. The Morgan fingerprint density at radius 1 is 1.39 bits per heavy atom. The van der Waals surface area contributed by atoms with Crippen LogP contribution in [0.25, 0.3) is 0 Å². The van der Waals surface area contributed by atoms with Crippen LogP contribution in [-0.2, 0) is 4.74 Å². The molecule has 1 rings (SSSR count). The summed E-state index contributed by atoms with van der Waals surface area (Å²) in [5.74, 6) is -0.905. The highest BCUT2D eigenvalue weighted by Gasteiger charge is 2.17. The standard InChI is InChI=1S/C14H21NO3/c1-10-5-11(13(16)17)7-12(6-10)15-8-14(2,3)9-18-4/h5-7,15H,8-9H2,1-4H3,(H,16,17). The van der Waals surface area contributed by atoms with E-state index in [1.54, 1.807) is 19.2 Å². The molecular weight excluding hydrogens is 230 g/mol. The van der Waals surface area contributed by atoms with E-state index in [-0.39, 0.29) is 5.41 Å². The largest absolute Gasteiger partial charge is 0.478 e. The summed E-state index contributed by atoms with van der Waals surface area (Å²) >= 11 is 0. The topological polar surface area (TPSA) is 58.6 Å². The number of hydrogen-bond donors (Lipinski definition) is 2. The predicted molar refractivity (Wildman–Crippen MR) is 72.3 cm³/mol. The quantitative estimate of drug-likeness (QED) is 0.816. The molecule has 0 atom stereocenters. The third-order valence-corrected chi connectivity index (χ3v) is 2.63. The number of carboxylic acids is 1. The van der Waals surface area contributed by atoms with Gasteiger partial charge in [-0.2, -0.15) is 0 Å². The minimum absolute atomic E-state index is 0.00187. The zero-order chi connectivity index (χ0) is 13.8. The van der Waals surface area contributed by atoms with Crippen LogP contribution in [-0.4, -0.2) is 31.3 Å². The van der Waals surface area contributed by atoms with E-state index in [4.69, 9.17) is 9.84 Å². The van der Waals surface area contributed by atoms with Gasteiger partial charge in [-0.3, -0.25) is 0 Å². The molecule has 0 aliphatic heterocycles. The summed E-state index contributed by atoms with van der Waals surface area (Å²) in [5, 5.41) is 12.3. The molecule has 4 nitrogen and oxygen atoms in total. The Morgan fingerprint density at radius 3 is 2.61 bits per heavy atom. The maximum atomic E-state index is 11.0. The molecule has 0 bridgehead atoms. The second kappa shape index (κ2) is 5.87. The number of rotatable bonds is 6. The van der Waals surface area contributed by atoms with Crippen LogP contribution >= 0.6 is 0 Å². The highest BCUT2D eigenvalue weighted by Crippen LogP contribution is 2.19. The van der Waals surface area contributed by atoms with Crippen LogP contribution in [0, 0.1) is 12.3 Å². The zero-order valence-electron chi connectivity index (χ0n) is 11.4. The van der Waals surface area contributed by atoms with Crippen molar-refractivity contribution in [3.63, 3.8) is 0 Å². The fourth-order valence-corrected chi connectivity index (χ4v) is 1.79. The first-order chi connectivity index (χ1) is 8.34. The number of benzene rings is 1. The second-order valence-corrected chi connectivity index (χ2v) is 5.34. The highest BCUT2D eigenvalue weighted by molar-refractivity contribution is 5.89. The van der Waals surface area contributed by atoms with Crippen LogP contribution in [0.4, 0.5) is 5.69 Å². The third kappa shape index (κ3) is 4.37. The van der Waals surface area contributed by atoms with Crippen molar-refractivity contribution in [1.82, 2.24) is 0 Å². The summed E-state index contributed by atoms with van der Waals surface area (Å²) in [6.45, 7) is 7.45. The number of carboxylic acid groups (broad SMARTS) is 1. The SMILES string of the molecule is COCC(C)(C)CNc1cc(C)cc(C(=O)O)c1. The lowest BCUT2D eigenvalue weighted by atomic mass is 9.94. The molecule has 0 spiro atoms. The van der Waals surface area contributed by atoms with Gasteiger partial charge in [0.15, 0.2) is 0 Å². The summed E-state index contributed by atoms with van der Waals surface area (Å²) in [6.07, 6.45) is 0. The molecule has 0 heterocycles. The lowest BCUT2D eigenvalue weighted by molar-refractivity contribution is 0.0697. The van der Waals surface area contributed by atoms with Gasteiger partial charge < -0.3 is 15.2 Å². The molecule has 100 valence electrons. The number of carbonyl (C=O) groups is 1. The van der Waals surface area contributed by atoms with E-state index in [0.29, 0.717) is 12.2 Å². The molecule has 1 aromatic rings. The first kappa shape index (κ1) is 14.5. The fraction of sp³-hybridized carbons (Fsp3) is 0.500. The van der Waals surface area contributed by atoms with Gasteiger partial charge in [0, 0.05) is 24.8 Å². The van der Waals surface area contributed by atoms with Crippen LogP contribution < -0.4 is 5.32 Å². The lowest BCUT2D eigenvalue weighted by Crippen LogP contribution is -2.27. The monoisotopic (exact) mass is 251 g/mol. The van der Waals surface area contributed by atoms with Gasteiger partial charge >= 0.3 is 5.97 Å². The van der Waals surface area contributed by atoms with Gasteiger partial charge in [-0.15, -0.1) is 0 Å². The molecule has 0 aliphatic carbocycles. The Bertz CT molecular complexity index is 427. The zero-order valence-corrected chi connectivity index (χ0v) is 11.4. The molecule has 0 fully saturated rings. The normalized spacial score (nSPS) is 11.3. The van der Waals surface area contributed by atoms with E-state index in [9.17, 15) is 4.79 Å². The molecule has 0 radical (unpaired) electrons. The first-order valence-electron chi connectivity index (χ1n) is 5.92. The van der Waals surface area contributed by atoms with Gasteiger partial charge in [0.05, 0.1) is 12.2 Å². The minimum Gasteiger partial charge on any atom is -0.478 e. The Kier molecular flexibility index (Phi) is 4.73. The predicted octanol–water partition coefficient (Wildman–Crippen LogP) is 2.78. The van der Waals surface area contributed by atoms with Crippen LogP contribution in [0.5, 0.6) is 0 Å². The maximum absolute atomic E-state index is 11.0. The van der Waals surface area contributed by atoms with Crippen molar-refractivity contribution in [2.75, 3.05) is 25.6 Å². The summed E-state index contributed by atoms with van der Waals surface area (Å²) in [5.41, 5.74) is 2.07. The van der Waals surface area contributed by atoms with E-state index in [1.165, 1.54) is 0 Å². The number of ether oxygens (including phenoxy) is 1. The molecule has 2 N–H and O–H groups in total. The summed E-state index contributed by atoms with van der Waals surface area (Å²) in [7, 11) is 1.68. The second-order valence-electron chi connectivity index (χ2n) is 5.34. The van der Waals surface area contributed by atoms with Gasteiger partial charge in [0.2, 0.25) is 0 Å². The third-order valence-electron chi connectivity index (χ3n) is 2.63. The van der Waals surface area contributed by atoms with Gasteiger partial charge in [-0.1, -0.05) is 13.8 Å². The van der Waals surface area contributed by atoms with Crippen molar-refractivity contribution in [3.8, 4) is 0 Å². The average Bonchev–Trinajstić information content (AvgIpc) is 2.26. The Balaban J connectivity index is 2.76. The van der Waals surface area contributed by atoms with Gasteiger partial charge in [0.1, 0.15) is 0 Å². The van der Waals surface area contributed by atoms with Gasteiger partial charge in [-0.05, 0) is 30.7 Å². The molecule has 0 aliphatic rings. The summed E-state index contributed by atoms with van der Waals surface area (Å²) in [6, 6.07) is 5.25. The number of hydrogen-bond acceptors (Lipinski definition) is 3. The van der Waals surface area contributed by atoms with Gasteiger partial charge in [-0.25, -0.2) is 4.79 Å². The average molecular weight is 251 g/mol. The lowest BCUT2D eigenvalue weighted by Gasteiger charge is -2.24. The summed E-state index contributed by atoms with van der Waals surface area (Å²) < 4.78 is 5.15. The Labute approximate surface area is 108 Å². The molecule has 1 aromatic carbocycles. The van der Waals surface area contributed by atoms with Crippen molar-refractivity contribution in [1.29, 1.82) is 0 Å². The van der Waals surface area contributed by atoms with Crippen LogP contribution in [0.2, 0.25) is 0 Å². The number of nitrogens with one attached hydrogen (secondary N) is 1. The van der Waals surface area contributed by atoms with Crippen molar-refractivity contribution < 1.29 is 14.6 Å². The highest BCUT2D eigenvalue weighted by atomic mass is 16.5. The van der Waals surface area contributed by atoms with E-state index in [2.05, 4.69) is 19.2 Å². The molecule has 4 heteroatoms. The number of anilines is 1. The van der Waals surface area contributed by atoms with Crippen LogP contribution in [0.1, 0.15) is 29.8 Å². The van der Waals surface area contributed by atoms with E-state index in [1.807, 2.05) is 13.0 Å². The van der Waals surface area contributed by atoms with E-state index >= 15 is 0 Å². The van der Waals surface area contributed by atoms with E-state index in [0.717, 1.165) is 17.8 Å². The molecule has 0 saturated carbocycles. The molecule has 0 amide bonds. The van der Waals surface area contributed by atoms with Gasteiger partial charge in [0.25, 0.3) is 0 Å². The smallest absolute Gasteiger partial charge is 0.335 e. The maximum Gasteiger partial charge on any atom is 0.335 e. The molecular formula is C14H21NO3. The van der Waals surface area contributed by atoms with Crippen molar-refractivity contribution in [2.45, 2.75) is 20.8 Å². The molecule has 18 heavy (non-hydrogen) atoms. The summed E-state index contributed by atoms with van der Waals surface area (Å²) in [4.78, 5) is 11.0. The van der Waals surface area contributed by atoms with Crippen LogP contribution in [0.3, 0.4) is 0 Å². The minimum atomic E-state index is -0.905. The number of aryl methyl sites for hydroxylation is 1. The number of methoxy groups -OCH3 is 1. The fourth-order valence-electron chi connectivity index (χ4n) is 1.79. The Hall–Kier alpha value is -1.55. The van der Waals surface area contributed by atoms with Crippen molar-refractivity contribution in [3.05, 3.63) is 29.3 Å².